The van der Waals surface area contributed by atoms with Crippen molar-refractivity contribution in [2.24, 2.45) is 4.99 Å². The second kappa shape index (κ2) is 4.67. The van der Waals surface area contributed by atoms with Gasteiger partial charge in [-0.25, -0.2) is 4.99 Å². The molecule has 0 spiro atoms. The van der Waals surface area contributed by atoms with Gasteiger partial charge in [0.25, 0.3) is 0 Å². The van der Waals surface area contributed by atoms with E-state index in [9.17, 15) is 5.26 Å². The molecule has 2 aromatic rings. The standard InChI is InChI=1S/C14H10N4S/c15-8-9-4-3-5-10(16)13(9)14-17-11-6-1-2-7-12(11)19-18-14/h1-7H,16H2,(H,17,18). The fraction of sp³-hybridized carbons (Fsp3) is 0. The fourth-order valence-electron chi connectivity index (χ4n) is 1.92. The Balaban J connectivity index is 2.16. The number of para-hydroxylation sites is 1. The molecular weight excluding hydrogens is 256 g/mol. The number of rotatable bonds is 1. The molecule has 3 N–H and O–H groups in total. The Morgan fingerprint density at radius 3 is 2.84 bits per heavy atom. The van der Waals surface area contributed by atoms with E-state index in [1.807, 2.05) is 24.3 Å². The van der Waals surface area contributed by atoms with Crippen LogP contribution in [0.4, 0.5) is 11.4 Å². The number of nitriles is 1. The quantitative estimate of drug-likeness (QED) is 0.615. The Morgan fingerprint density at radius 2 is 2.00 bits per heavy atom. The molecule has 92 valence electrons. The minimum Gasteiger partial charge on any atom is -0.398 e. The first-order chi connectivity index (χ1) is 9.29. The lowest BCUT2D eigenvalue weighted by molar-refractivity contribution is 1.28. The van der Waals surface area contributed by atoms with Gasteiger partial charge >= 0.3 is 0 Å². The average molecular weight is 266 g/mol. The second-order valence-corrected chi connectivity index (χ2v) is 4.86. The molecule has 0 aromatic heterocycles. The third kappa shape index (κ3) is 2.02. The molecule has 2 aromatic carbocycles. The van der Waals surface area contributed by atoms with Gasteiger partial charge in [-0.1, -0.05) is 18.2 Å². The maximum absolute atomic E-state index is 9.17. The maximum Gasteiger partial charge on any atom is 0.147 e. The van der Waals surface area contributed by atoms with Gasteiger partial charge in [-0.2, -0.15) is 5.26 Å². The third-order valence-electron chi connectivity index (χ3n) is 2.81. The van der Waals surface area contributed by atoms with Crippen molar-refractivity contribution in [2.45, 2.75) is 4.90 Å². The molecule has 19 heavy (non-hydrogen) atoms. The summed E-state index contributed by atoms with van der Waals surface area (Å²) in [4.78, 5) is 5.59. The lowest BCUT2D eigenvalue weighted by atomic mass is 10.1. The van der Waals surface area contributed by atoms with E-state index in [1.165, 1.54) is 11.9 Å². The largest absolute Gasteiger partial charge is 0.398 e. The molecule has 0 saturated heterocycles. The van der Waals surface area contributed by atoms with Crippen molar-refractivity contribution in [1.29, 1.82) is 5.26 Å². The number of anilines is 1. The number of fused-ring (bicyclic) bond motifs is 1. The minimum atomic E-state index is 0.520. The molecule has 1 aliphatic rings. The SMILES string of the molecule is N#Cc1cccc(N)c1C1=Nc2ccccc2SN1. The first kappa shape index (κ1) is 11.6. The van der Waals surface area contributed by atoms with Gasteiger partial charge in [0.2, 0.25) is 0 Å². The number of hydrogen-bond donors (Lipinski definition) is 2. The lowest BCUT2D eigenvalue weighted by Crippen LogP contribution is -2.22. The zero-order chi connectivity index (χ0) is 13.2. The number of nitrogens with zero attached hydrogens (tertiary/aromatic N) is 2. The number of nitrogens with one attached hydrogen (secondary N) is 1. The van der Waals surface area contributed by atoms with Crippen molar-refractivity contribution in [3.8, 4) is 6.07 Å². The first-order valence-electron chi connectivity index (χ1n) is 5.69. The fourth-order valence-corrected chi connectivity index (χ4v) is 2.64. The highest BCUT2D eigenvalue weighted by atomic mass is 32.2. The van der Waals surface area contributed by atoms with Gasteiger partial charge in [-0.3, -0.25) is 0 Å². The van der Waals surface area contributed by atoms with Crippen molar-refractivity contribution in [3.63, 3.8) is 0 Å². The molecule has 3 rings (SSSR count). The molecule has 0 radical (unpaired) electrons. The summed E-state index contributed by atoms with van der Waals surface area (Å²) in [6.07, 6.45) is 0. The Labute approximate surface area is 115 Å². The number of hydrogen-bond acceptors (Lipinski definition) is 5. The molecule has 0 atom stereocenters. The minimum absolute atomic E-state index is 0.520. The van der Waals surface area contributed by atoms with Gasteiger partial charge in [0, 0.05) is 5.69 Å². The topological polar surface area (TPSA) is 74.2 Å². The Hall–Kier alpha value is -2.45. The molecule has 0 aliphatic carbocycles. The predicted octanol–water partition coefficient (Wildman–Crippen LogP) is 2.83. The lowest BCUT2D eigenvalue weighted by Gasteiger charge is -2.18. The Kier molecular flexibility index (Phi) is 2.86. The highest BCUT2D eigenvalue weighted by Gasteiger charge is 2.18. The summed E-state index contributed by atoms with van der Waals surface area (Å²) in [7, 11) is 0. The average Bonchev–Trinajstić information content (AvgIpc) is 2.46. The van der Waals surface area contributed by atoms with Gasteiger partial charge in [0.15, 0.2) is 0 Å². The molecule has 1 aliphatic heterocycles. The van der Waals surface area contributed by atoms with Crippen LogP contribution in [0.2, 0.25) is 0 Å². The predicted molar refractivity (Wildman–Crippen MR) is 77.2 cm³/mol. The monoisotopic (exact) mass is 266 g/mol. The summed E-state index contributed by atoms with van der Waals surface area (Å²) < 4.78 is 3.14. The van der Waals surface area contributed by atoms with E-state index in [4.69, 9.17) is 5.73 Å². The summed E-state index contributed by atoms with van der Waals surface area (Å²) >= 11 is 1.47. The van der Waals surface area contributed by atoms with E-state index >= 15 is 0 Å². The van der Waals surface area contributed by atoms with Crippen molar-refractivity contribution in [1.82, 2.24) is 4.72 Å². The van der Waals surface area contributed by atoms with Crippen LogP contribution in [0.3, 0.4) is 0 Å². The smallest absolute Gasteiger partial charge is 0.147 e. The van der Waals surface area contributed by atoms with E-state index < -0.39 is 0 Å². The van der Waals surface area contributed by atoms with Crippen LogP contribution in [-0.2, 0) is 0 Å². The number of benzene rings is 2. The summed E-state index contributed by atoms with van der Waals surface area (Å²) in [5.41, 5.74) is 8.57. The van der Waals surface area contributed by atoms with Crippen molar-refractivity contribution in [3.05, 3.63) is 53.6 Å². The van der Waals surface area contributed by atoms with Crippen LogP contribution in [0.5, 0.6) is 0 Å². The van der Waals surface area contributed by atoms with Gasteiger partial charge in [-0.05, 0) is 36.2 Å². The highest BCUT2D eigenvalue weighted by Crippen LogP contribution is 2.33. The van der Waals surface area contributed by atoms with Gasteiger partial charge in [0.1, 0.15) is 5.84 Å². The zero-order valence-electron chi connectivity index (χ0n) is 9.92. The molecule has 1 heterocycles. The van der Waals surface area contributed by atoms with E-state index in [0.717, 1.165) is 10.6 Å². The second-order valence-electron chi connectivity index (χ2n) is 4.01. The van der Waals surface area contributed by atoms with Crippen LogP contribution in [0.25, 0.3) is 0 Å². The van der Waals surface area contributed by atoms with Crippen LogP contribution in [0.15, 0.2) is 52.4 Å². The van der Waals surface area contributed by atoms with E-state index in [0.29, 0.717) is 22.6 Å². The zero-order valence-corrected chi connectivity index (χ0v) is 10.7. The van der Waals surface area contributed by atoms with Crippen LogP contribution in [-0.4, -0.2) is 5.84 Å². The molecule has 5 heteroatoms. The maximum atomic E-state index is 9.17. The molecule has 0 bridgehead atoms. The third-order valence-corrected chi connectivity index (χ3v) is 3.67. The Morgan fingerprint density at radius 1 is 1.16 bits per heavy atom. The van der Waals surface area contributed by atoms with Crippen LogP contribution >= 0.6 is 11.9 Å². The highest BCUT2D eigenvalue weighted by molar-refractivity contribution is 7.98. The number of nitrogens with two attached hydrogens (primary N) is 1. The van der Waals surface area contributed by atoms with Crippen LogP contribution in [0, 0.1) is 11.3 Å². The summed E-state index contributed by atoms with van der Waals surface area (Å²) in [5, 5.41) is 9.17. The summed E-state index contributed by atoms with van der Waals surface area (Å²) in [6.45, 7) is 0. The molecule has 4 nitrogen and oxygen atoms in total. The molecule has 0 unspecified atom stereocenters. The van der Waals surface area contributed by atoms with Crippen molar-refractivity contribution >= 4 is 29.2 Å². The van der Waals surface area contributed by atoms with Crippen molar-refractivity contribution in [2.75, 3.05) is 5.73 Å². The van der Waals surface area contributed by atoms with Crippen LogP contribution in [0.1, 0.15) is 11.1 Å². The normalized spacial score (nSPS) is 12.9. The molecular formula is C14H10N4S. The van der Waals surface area contributed by atoms with Gasteiger partial charge in [-0.15, -0.1) is 0 Å². The number of nitrogen functional groups attached to an aromatic ring is 1. The summed E-state index contributed by atoms with van der Waals surface area (Å²) in [6, 6.07) is 15.3. The van der Waals surface area contributed by atoms with E-state index in [-0.39, 0.29) is 0 Å². The van der Waals surface area contributed by atoms with Gasteiger partial charge in [0.05, 0.1) is 27.8 Å². The summed E-state index contributed by atoms with van der Waals surface area (Å²) in [5.74, 6) is 0.623. The van der Waals surface area contributed by atoms with Crippen LogP contribution < -0.4 is 10.5 Å². The Bertz CT molecular complexity index is 716. The van der Waals surface area contributed by atoms with E-state index in [2.05, 4.69) is 15.8 Å². The number of amidine groups is 1. The first-order valence-corrected chi connectivity index (χ1v) is 6.51. The van der Waals surface area contributed by atoms with E-state index in [1.54, 1.807) is 18.2 Å². The molecule has 0 fully saturated rings. The van der Waals surface area contributed by atoms with Crippen molar-refractivity contribution < 1.29 is 0 Å². The molecule has 0 saturated carbocycles. The number of aliphatic imine (C=N–C) groups is 1. The van der Waals surface area contributed by atoms with Gasteiger partial charge < -0.3 is 10.5 Å². The molecule has 0 amide bonds.